The molecule has 0 aliphatic heterocycles. The molecule has 0 aromatic carbocycles. The Bertz CT molecular complexity index is 224. The number of nitrogens with zero attached hydrogens (tertiary/aromatic N) is 1. The van der Waals surface area contributed by atoms with E-state index in [0.717, 1.165) is 0 Å². The predicted molar refractivity (Wildman–Crippen MR) is 50.2 cm³/mol. The first-order chi connectivity index (χ1) is 5.52. The van der Waals surface area contributed by atoms with Gasteiger partial charge in [0.2, 0.25) is 5.34 Å². The normalized spacial score (nSPS) is 17.1. The summed E-state index contributed by atoms with van der Waals surface area (Å²) in [5.41, 5.74) is 0. The number of quaternary nitrogens is 1. The molecule has 0 aromatic heterocycles. The molecule has 0 amide bonds. The van der Waals surface area contributed by atoms with E-state index < -0.39 is 12.9 Å². The van der Waals surface area contributed by atoms with Gasteiger partial charge < -0.3 is 31.8 Å². The molecule has 0 aliphatic rings. The number of halogens is 1. The van der Waals surface area contributed by atoms with Gasteiger partial charge >= 0.3 is 7.60 Å². The molecule has 1 atom stereocenters. The molecule has 0 aromatic rings. The highest BCUT2D eigenvalue weighted by molar-refractivity contribution is 7.53. The van der Waals surface area contributed by atoms with Gasteiger partial charge in [-0.2, -0.15) is 0 Å². The zero-order valence-electron chi connectivity index (χ0n) is 8.94. The first-order valence-electron chi connectivity index (χ1n) is 4.10. The zero-order valence-corrected chi connectivity index (χ0v) is 10.6. The van der Waals surface area contributed by atoms with E-state index in [4.69, 9.17) is 9.79 Å². The third-order valence-corrected chi connectivity index (χ3v) is 3.38. The third-order valence-electron chi connectivity index (χ3n) is 1.84. The maximum atomic E-state index is 11.0. The molecule has 7 heteroatoms. The average molecular weight is 248 g/mol. The van der Waals surface area contributed by atoms with Crippen LogP contribution in [-0.2, 0) is 4.57 Å². The van der Waals surface area contributed by atoms with Crippen molar-refractivity contribution in [2.45, 2.75) is 18.7 Å². The van der Waals surface area contributed by atoms with Gasteiger partial charge in [0, 0.05) is 0 Å². The van der Waals surface area contributed by atoms with Gasteiger partial charge in [-0.3, -0.25) is 4.57 Å². The predicted octanol–water partition coefficient (Wildman–Crippen LogP) is -3.03. The summed E-state index contributed by atoms with van der Waals surface area (Å²) < 4.78 is 11.3. The van der Waals surface area contributed by atoms with Gasteiger partial charge in [0.1, 0.15) is 6.54 Å². The lowest BCUT2D eigenvalue weighted by molar-refractivity contribution is -0.875. The third kappa shape index (κ3) is 4.73. The molecule has 0 saturated heterocycles. The summed E-state index contributed by atoms with van der Waals surface area (Å²) in [6.45, 7) is 1.60. The molecule has 0 bridgehead atoms. The van der Waals surface area contributed by atoms with Crippen LogP contribution in [0.5, 0.6) is 0 Å². The summed E-state index contributed by atoms with van der Waals surface area (Å²) in [6.07, 6.45) is 0.0484. The van der Waals surface area contributed by atoms with Crippen molar-refractivity contribution in [3.8, 4) is 0 Å². The topological polar surface area (TPSA) is 77.8 Å². The SMILES string of the molecule is CCC(O)(C[N+](C)(C)C)P(=O)(O)O.[Cl-]. The largest absolute Gasteiger partial charge is 1.00 e. The Balaban J connectivity index is 0. The summed E-state index contributed by atoms with van der Waals surface area (Å²) in [5, 5.41) is 7.82. The minimum absolute atomic E-state index is 0. The van der Waals surface area contributed by atoms with Crippen LogP contribution < -0.4 is 12.4 Å². The summed E-state index contributed by atoms with van der Waals surface area (Å²) in [6, 6.07) is 0. The van der Waals surface area contributed by atoms with Gasteiger partial charge in [0.15, 0.2) is 0 Å². The molecule has 0 heterocycles. The van der Waals surface area contributed by atoms with Crippen LogP contribution in [0.1, 0.15) is 13.3 Å². The lowest BCUT2D eigenvalue weighted by atomic mass is 10.2. The molecule has 0 rings (SSSR count). The molecule has 0 fully saturated rings. The molecule has 0 radical (unpaired) electrons. The van der Waals surface area contributed by atoms with E-state index in [9.17, 15) is 9.67 Å². The van der Waals surface area contributed by atoms with Gasteiger partial charge in [0.25, 0.3) is 0 Å². The number of rotatable bonds is 4. The van der Waals surface area contributed by atoms with Crippen molar-refractivity contribution in [1.29, 1.82) is 0 Å². The van der Waals surface area contributed by atoms with Crippen LogP contribution >= 0.6 is 7.60 Å². The zero-order chi connectivity index (χ0) is 10.9. The number of hydrogen-bond acceptors (Lipinski definition) is 2. The Labute approximate surface area is 90.9 Å². The summed E-state index contributed by atoms with van der Waals surface area (Å²) >= 11 is 0. The van der Waals surface area contributed by atoms with Crippen molar-refractivity contribution < 1.29 is 36.3 Å². The molecular formula is C7H19ClNO4P. The molecule has 0 spiro atoms. The molecular weight excluding hydrogens is 229 g/mol. The summed E-state index contributed by atoms with van der Waals surface area (Å²) in [5.74, 6) is 0. The Hall–Kier alpha value is 0.360. The molecule has 1 unspecified atom stereocenters. The smallest absolute Gasteiger partial charge is 0.362 e. The standard InChI is InChI=1S/C7H18NO4P.ClH/c1-5-7(9,13(10,11)12)6-8(2,3)4;/h9H,5-6H2,1-4H3,(H-,10,11,12);1H. The highest BCUT2D eigenvalue weighted by Crippen LogP contribution is 2.51. The van der Waals surface area contributed by atoms with Crippen LogP contribution in [0.3, 0.4) is 0 Å². The van der Waals surface area contributed by atoms with Crippen molar-refractivity contribution in [3.63, 3.8) is 0 Å². The highest BCUT2D eigenvalue weighted by Gasteiger charge is 2.47. The quantitative estimate of drug-likeness (QED) is 0.365. The van der Waals surface area contributed by atoms with Crippen LogP contribution in [0.2, 0.25) is 0 Å². The van der Waals surface area contributed by atoms with Gasteiger partial charge in [-0.05, 0) is 6.42 Å². The lowest BCUT2D eigenvalue weighted by Gasteiger charge is -2.34. The van der Waals surface area contributed by atoms with Crippen molar-refractivity contribution >= 4 is 7.60 Å². The van der Waals surface area contributed by atoms with E-state index in [1.165, 1.54) is 0 Å². The fraction of sp³-hybridized carbons (Fsp3) is 1.00. The molecule has 3 N–H and O–H groups in total. The van der Waals surface area contributed by atoms with E-state index in [2.05, 4.69) is 0 Å². The Morgan fingerprint density at radius 2 is 1.64 bits per heavy atom. The van der Waals surface area contributed by atoms with Crippen LogP contribution in [0.4, 0.5) is 0 Å². The van der Waals surface area contributed by atoms with Crippen LogP contribution in [0.15, 0.2) is 0 Å². The van der Waals surface area contributed by atoms with E-state index in [1.807, 2.05) is 0 Å². The number of aliphatic hydroxyl groups is 1. The number of likely N-dealkylation sites (N-methyl/N-ethyl adjacent to an activating group) is 1. The molecule has 0 saturated carbocycles. The van der Waals surface area contributed by atoms with Crippen molar-refractivity contribution in [1.82, 2.24) is 0 Å². The van der Waals surface area contributed by atoms with Gasteiger partial charge in [-0.15, -0.1) is 0 Å². The van der Waals surface area contributed by atoms with Crippen LogP contribution in [-0.4, -0.2) is 52.4 Å². The molecule has 0 aliphatic carbocycles. The average Bonchev–Trinajstić information content (AvgIpc) is 1.81. The minimum Gasteiger partial charge on any atom is -1.00 e. The van der Waals surface area contributed by atoms with E-state index in [0.29, 0.717) is 4.48 Å². The second-order valence-corrected chi connectivity index (χ2v) is 6.25. The summed E-state index contributed by atoms with van der Waals surface area (Å²) in [7, 11) is 0.878. The maximum absolute atomic E-state index is 11.0. The second kappa shape index (κ2) is 4.92. The molecule has 14 heavy (non-hydrogen) atoms. The summed E-state index contributed by atoms with van der Waals surface area (Å²) in [4.78, 5) is 17.9. The van der Waals surface area contributed by atoms with Crippen molar-refractivity contribution in [2.75, 3.05) is 27.7 Å². The first-order valence-corrected chi connectivity index (χ1v) is 5.71. The fourth-order valence-corrected chi connectivity index (χ4v) is 2.19. The van der Waals surface area contributed by atoms with E-state index >= 15 is 0 Å². The van der Waals surface area contributed by atoms with E-state index in [-0.39, 0.29) is 25.4 Å². The second-order valence-electron chi connectivity index (χ2n) is 4.33. The maximum Gasteiger partial charge on any atom is 0.362 e. The monoisotopic (exact) mass is 247 g/mol. The van der Waals surface area contributed by atoms with E-state index in [1.54, 1.807) is 28.1 Å². The lowest BCUT2D eigenvalue weighted by Crippen LogP contribution is -3.00. The van der Waals surface area contributed by atoms with Gasteiger partial charge in [0.05, 0.1) is 21.1 Å². The van der Waals surface area contributed by atoms with Crippen LogP contribution in [0, 0.1) is 0 Å². The molecule has 88 valence electrons. The van der Waals surface area contributed by atoms with Crippen molar-refractivity contribution in [2.24, 2.45) is 0 Å². The number of hydrogen-bond donors (Lipinski definition) is 3. The Kier molecular flexibility index (Phi) is 5.90. The van der Waals surface area contributed by atoms with Gasteiger partial charge in [-0.25, -0.2) is 0 Å². The van der Waals surface area contributed by atoms with Crippen molar-refractivity contribution in [3.05, 3.63) is 0 Å². The Morgan fingerprint density at radius 3 is 1.71 bits per heavy atom. The fourth-order valence-electron chi connectivity index (χ4n) is 1.17. The van der Waals surface area contributed by atoms with Crippen LogP contribution in [0.25, 0.3) is 0 Å². The Morgan fingerprint density at radius 1 is 1.29 bits per heavy atom. The van der Waals surface area contributed by atoms with Gasteiger partial charge in [-0.1, -0.05) is 6.92 Å². The first kappa shape index (κ1) is 16.8. The molecule has 5 nitrogen and oxygen atoms in total. The minimum atomic E-state index is -4.44. The highest BCUT2D eigenvalue weighted by atomic mass is 35.5.